The van der Waals surface area contributed by atoms with Gasteiger partial charge in [0.15, 0.2) is 0 Å². The summed E-state index contributed by atoms with van der Waals surface area (Å²) in [6.07, 6.45) is 2.01. The van der Waals surface area contributed by atoms with Crippen LogP contribution in [0, 0.1) is 0 Å². The standard InChI is InChI=1S/C13H25N3O2/c1-13(2,3)18-12(17)16-10-7-11(16)9-15(8-10)6-4-5-14/h10-11H,4-9,14H2,1-3H3. The van der Waals surface area contributed by atoms with Crippen LogP contribution in [0.1, 0.15) is 33.6 Å². The monoisotopic (exact) mass is 255 g/mol. The zero-order valence-electron chi connectivity index (χ0n) is 11.7. The highest BCUT2D eigenvalue weighted by molar-refractivity contribution is 5.70. The Balaban J connectivity index is 1.83. The molecule has 2 N–H and O–H groups in total. The van der Waals surface area contributed by atoms with Crippen LogP contribution in [0.5, 0.6) is 0 Å². The highest BCUT2D eigenvalue weighted by Crippen LogP contribution is 2.33. The van der Waals surface area contributed by atoms with Gasteiger partial charge >= 0.3 is 6.09 Å². The maximum Gasteiger partial charge on any atom is 0.410 e. The van der Waals surface area contributed by atoms with E-state index in [0.717, 1.165) is 39.0 Å². The van der Waals surface area contributed by atoms with E-state index in [1.165, 1.54) is 0 Å². The number of carbonyl (C=O) groups excluding carboxylic acids is 1. The average molecular weight is 255 g/mol. The van der Waals surface area contributed by atoms with Gasteiger partial charge in [0, 0.05) is 13.1 Å². The van der Waals surface area contributed by atoms with Crippen molar-refractivity contribution in [1.29, 1.82) is 0 Å². The fourth-order valence-corrected chi connectivity index (χ4v) is 2.81. The summed E-state index contributed by atoms with van der Waals surface area (Å²) in [5.41, 5.74) is 5.12. The summed E-state index contributed by atoms with van der Waals surface area (Å²) in [4.78, 5) is 16.4. The van der Waals surface area contributed by atoms with E-state index in [1.54, 1.807) is 0 Å². The molecule has 0 aromatic carbocycles. The van der Waals surface area contributed by atoms with Gasteiger partial charge in [0.1, 0.15) is 5.60 Å². The summed E-state index contributed by atoms with van der Waals surface area (Å²) in [6, 6.07) is 0.688. The van der Waals surface area contributed by atoms with Gasteiger partial charge in [-0.25, -0.2) is 4.79 Å². The van der Waals surface area contributed by atoms with Gasteiger partial charge in [-0.05, 0) is 46.7 Å². The number of hydrogen-bond acceptors (Lipinski definition) is 4. The molecule has 3 saturated heterocycles. The van der Waals surface area contributed by atoms with Crippen LogP contribution in [0.2, 0.25) is 0 Å². The molecule has 3 rings (SSSR count). The first kappa shape index (κ1) is 13.6. The molecule has 0 aromatic heterocycles. The van der Waals surface area contributed by atoms with Crippen molar-refractivity contribution in [3.63, 3.8) is 0 Å². The average Bonchev–Trinajstić information content (AvgIpc) is 2.23. The Morgan fingerprint density at radius 2 is 1.94 bits per heavy atom. The second kappa shape index (κ2) is 5.05. The van der Waals surface area contributed by atoms with Crippen molar-refractivity contribution >= 4 is 6.09 Å². The number of piperazine rings is 1. The minimum absolute atomic E-state index is 0.151. The number of piperidine rings is 1. The lowest BCUT2D eigenvalue weighted by atomic mass is 9.88. The molecular weight excluding hydrogens is 230 g/mol. The van der Waals surface area contributed by atoms with Crippen LogP contribution >= 0.6 is 0 Å². The molecule has 2 bridgehead atoms. The molecule has 0 saturated carbocycles. The quantitative estimate of drug-likeness (QED) is 0.818. The van der Waals surface area contributed by atoms with E-state index in [0.29, 0.717) is 12.1 Å². The summed E-state index contributed by atoms with van der Waals surface area (Å²) in [6.45, 7) is 9.45. The Morgan fingerprint density at radius 1 is 1.33 bits per heavy atom. The molecule has 0 radical (unpaired) electrons. The second-order valence-corrected chi connectivity index (χ2v) is 6.33. The maximum absolute atomic E-state index is 12.0. The first-order chi connectivity index (χ1) is 8.40. The normalized spacial score (nSPS) is 27.9. The Morgan fingerprint density at radius 3 is 2.44 bits per heavy atom. The molecule has 2 atom stereocenters. The van der Waals surface area contributed by atoms with Gasteiger partial charge < -0.3 is 10.5 Å². The molecule has 2 unspecified atom stereocenters. The smallest absolute Gasteiger partial charge is 0.410 e. The first-order valence-corrected chi connectivity index (χ1v) is 6.84. The Bertz CT molecular complexity index is 302. The predicted octanol–water partition coefficient (Wildman–Crippen LogP) is 1.03. The van der Waals surface area contributed by atoms with E-state index in [4.69, 9.17) is 10.5 Å². The third-order valence-corrected chi connectivity index (χ3v) is 3.55. The van der Waals surface area contributed by atoms with E-state index < -0.39 is 5.60 Å². The zero-order valence-corrected chi connectivity index (χ0v) is 11.7. The Hall–Kier alpha value is -0.810. The lowest BCUT2D eigenvalue weighted by molar-refractivity contribution is -0.0762. The molecule has 0 aromatic rings. The first-order valence-electron chi connectivity index (χ1n) is 6.84. The number of fused-ring (bicyclic) bond motifs is 2. The van der Waals surface area contributed by atoms with Crippen molar-refractivity contribution in [3.05, 3.63) is 0 Å². The fraction of sp³-hybridized carbons (Fsp3) is 0.923. The van der Waals surface area contributed by atoms with E-state index in [2.05, 4.69) is 4.90 Å². The van der Waals surface area contributed by atoms with E-state index in [1.807, 2.05) is 25.7 Å². The second-order valence-electron chi connectivity index (χ2n) is 6.33. The lowest BCUT2D eigenvalue weighted by Gasteiger charge is -2.55. The summed E-state index contributed by atoms with van der Waals surface area (Å²) < 4.78 is 5.44. The molecule has 3 fully saturated rings. The molecular formula is C13H25N3O2. The van der Waals surface area contributed by atoms with E-state index in [9.17, 15) is 4.79 Å². The van der Waals surface area contributed by atoms with Crippen LogP contribution in [0.25, 0.3) is 0 Å². The zero-order chi connectivity index (χ0) is 13.3. The number of amides is 1. The molecule has 3 heterocycles. The van der Waals surface area contributed by atoms with Gasteiger partial charge in [-0.15, -0.1) is 0 Å². The summed E-state index contributed by atoms with van der Waals surface area (Å²) in [5, 5.41) is 0. The van der Waals surface area contributed by atoms with Gasteiger partial charge in [-0.1, -0.05) is 0 Å². The summed E-state index contributed by atoms with van der Waals surface area (Å²) >= 11 is 0. The molecule has 18 heavy (non-hydrogen) atoms. The van der Waals surface area contributed by atoms with Gasteiger partial charge in [0.2, 0.25) is 0 Å². The van der Waals surface area contributed by atoms with Gasteiger partial charge in [-0.2, -0.15) is 0 Å². The Kier molecular flexibility index (Phi) is 3.82. The summed E-state index contributed by atoms with van der Waals surface area (Å²) in [7, 11) is 0. The topological polar surface area (TPSA) is 58.8 Å². The van der Waals surface area contributed by atoms with E-state index >= 15 is 0 Å². The number of nitrogens with two attached hydrogens (primary N) is 1. The fourth-order valence-electron chi connectivity index (χ4n) is 2.81. The predicted molar refractivity (Wildman–Crippen MR) is 70.4 cm³/mol. The van der Waals surface area contributed by atoms with Crippen LogP contribution in [0.3, 0.4) is 0 Å². The van der Waals surface area contributed by atoms with Crippen molar-refractivity contribution in [2.75, 3.05) is 26.2 Å². The number of rotatable bonds is 3. The number of nitrogens with zero attached hydrogens (tertiary/aromatic N) is 2. The maximum atomic E-state index is 12.0. The molecule has 5 heteroatoms. The molecule has 3 aliphatic heterocycles. The number of hydrogen-bond donors (Lipinski definition) is 1. The molecule has 5 nitrogen and oxygen atoms in total. The third-order valence-electron chi connectivity index (χ3n) is 3.55. The van der Waals surface area contributed by atoms with Crippen molar-refractivity contribution in [2.45, 2.75) is 51.3 Å². The minimum Gasteiger partial charge on any atom is -0.444 e. The van der Waals surface area contributed by atoms with Crippen molar-refractivity contribution in [1.82, 2.24) is 9.80 Å². The van der Waals surface area contributed by atoms with Crippen LogP contribution in [-0.4, -0.2) is 59.8 Å². The molecule has 1 amide bonds. The molecule has 104 valence electrons. The van der Waals surface area contributed by atoms with Crippen LogP contribution in [0.15, 0.2) is 0 Å². The van der Waals surface area contributed by atoms with Gasteiger partial charge in [-0.3, -0.25) is 9.80 Å². The van der Waals surface area contributed by atoms with Gasteiger partial charge in [0.05, 0.1) is 12.1 Å². The highest BCUT2D eigenvalue weighted by atomic mass is 16.6. The third kappa shape index (κ3) is 2.95. The van der Waals surface area contributed by atoms with Crippen LogP contribution < -0.4 is 5.73 Å². The molecule has 3 aliphatic rings. The lowest BCUT2D eigenvalue weighted by Crippen LogP contribution is -2.70. The molecule has 0 spiro atoms. The van der Waals surface area contributed by atoms with Gasteiger partial charge in [0.25, 0.3) is 0 Å². The highest BCUT2D eigenvalue weighted by Gasteiger charge is 2.48. The summed E-state index contributed by atoms with van der Waals surface area (Å²) in [5.74, 6) is 0. The van der Waals surface area contributed by atoms with E-state index in [-0.39, 0.29) is 6.09 Å². The Labute approximate surface area is 109 Å². The number of carbonyl (C=O) groups is 1. The van der Waals surface area contributed by atoms with Crippen molar-refractivity contribution < 1.29 is 9.53 Å². The van der Waals surface area contributed by atoms with Crippen molar-refractivity contribution in [2.24, 2.45) is 5.73 Å². The largest absolute Gasteiger partial charge is 0.444 e. The van der Waals surface area contributed by atoms with Crippen molar-refractivity contribution in [3.8, 4) is 0 Å². The SMILES string of the molecule is CC(C)(C)OC(=O)N1C2CC1CN(CCCN)C2. The minimum atomic E-state index is -0.403. The molecule has 0 aliphatic carbocycles. The number of ether oxygens (including phenoxy) is 1. The van der Waals surface area contributed by atoms with Crippen LogP contribution in [-0.2, 0) is 4.74 Å². The van der Waals surface area contributed by atoms with Crippen LogP contribution in [0.4, 0.5) is 4.79 Å².